The van der Waals surface area contributed by atoms with Gasteiger partial charge in [-0.25, -0.2) is 8.78 Å². The Morgan fingerprint density at radius 2 is 1.95 bits per heavy atom. The molecule has 1 amide bonds. The van der Waals surface area contributed by atoms with E-state index < -0.39 is 34.7 Å². The zero-order valence-electron chi connectivity index (χ0n) is 11.1. The van der Waals surface area contributed by atoms with Crippen molar-refractivity contribution in [3.8, 4) is 5.75 Å². The second-order valence-corrected chi connectivity index (χ2v) is 4.90. The number of phenolic OH excluding ortho intramolecular Hbond substituents is 1. The van der Waals surface area contributed by atoms with Gasteiger partial charge in [0.05, 0.1) is 5.56 Å². The number of benzene rings is 1. The molecule has 0 spiro atoms. The third kappa shape index (κ3) is 3.36. The number of carbonyl (C=O) groups excluding carboxylic acids is 1. The number of nitrogens with zero attached hydrogens (tertiary/aromatic N) is 1. The Morgan fingerprint density at radius 3 is 2.45 bits per heavy atom. The molecule has 0 aliphatic carbocycles. The number of hydrogen-bond acceptors (Lipinski definition) is 2. The Morgan fingerprint density at radius 1 is 1.35 bits per heavy atom. The Kier molecular flexibility index (Phi) is 5.68. The molecule has 0 bridgehead atoms. The summed E-state index contributed by atoms with van der Waals surface area (Å²) in [6.07, 6.45) is 0.475. The molecular weight excluding hydrogens is 295 g/mol. The topological polar surface area (TPSA) is 40.5 Å². The molecule has 3 nitrogen and oxygen atoms in total. The van der Waals surface area contributed by atoms with Gasteiger partial charge >= 0.3 is 0 Å². The summed E-state index contributed by atoms with van der Waals surface area (Å²) in [5.41, 5.74) is -0.704. The summed E-state index contributed by atoms with van der Waals surface area (Å²) < 4.78 is 39.9. The first-order chi connectivity index (χ1) is 9.31. The summed E-state index contributed by atoms with van der Waals surface area (Å²) in [5.74, 6) is -6.66. The smallest absolute Gasteiger partial charge is 0.257 e. The van der Waals surface area contributed by atoms with Gasteiger partial charge in [0, 0.05) is 18.5 Å². The van der Waals surface area contributed by atoms with Crippen molar-refractivity contribution in [3.05, 3.63) is 29.1 Å². The minimum Gasteiger partial charge on any atom is -0.503 e. The molecule has 20 heavy (non-hydrogen) atoms. The van der Waals surface area contributed by atoms with E-state index in [1.165, 1.54) is 4.90 Å². The highest BCUT2D eigenvalue weighted by Gasteiger charge is 2.26. The predicted octanol–water partition coefficient (Wildman–Crippen LogP) is 3.29. The van der Waals surface area contributed by atoms with Gasteiger partial charge in [0.2, 0.25) is 5.82 Å². The van der Waals surface area contributed by atoms with E-state index in [1.807, 2.05) is 0 Å². The fourth-order valence-corrected chi connectivity index (χ4v) is 1.84. The maximum atomic E-state index is 13.7. The normalized spacial score (nSPS) is 10.9. The second kappa shape index (κ2) is 6.83. The molecule has 1 N–H and O–H groups in total. The molecule has 0 aliphatic heterocycles. The van der Waals surface area contributed by atoms with Crippen molar-refractivity contribution >= 4 is 17.5 Å². The van der Waals surface area contributed by atoms with Crippen LogP contribution in [-0.2, 0) is 0 Å². The van der Waals surface area contributed by atoms with Crippen LogP contribution in [0.25, 0.3) is 0 Å². The van der Waals surface area contributed by atoms with Crippen molar-refractivity contribution in [1.29, 1.82) is 0 Å². The van der Waals surface area contributed by atoms with Crippen LogP contribution in [0.5, 0.6) is 5.75 Å². The van der Waals surface area contributed by atoms with Gasteiger partial charge in [-0.3, -0.25) is 4.79 Å². The van der Waals surface area contributed by atoms with Gasteiger partial charge in [-0.1, -0.05) is 0 Å². The van der Waals surface area contributed by atoms with E-state index in [-0.39, 0.29) is 12.6 Å². The minimum absolute atomic E-state index is 0.249. The van der Waals surface area contributed by atoms with Gasteiger partial charge in [-0.05, 0) is 26.3 Å². The molecule has 0 heterocycles. The Bertz CT molecular complexity index is 509. The average molecular weight is 310 g/mol. The zero-order chi connectivity index (χ0) is 15.4. The highest BCUT2D eigenvalue weighted by molar-refractivity contribution is 6.17. The summed E-state index contributed by atoms with van der Waals surface area (Å²) >= 11 is 5.54. The van der Waals surface area contributed by atoms with Crippen molar-refractivity contribution < 1.29 is 23.1 Å². The predicted molar refractivity (Wildman–Crippen MR) is 69.5 cm³/mol. The summed E-state index contributed by atoms with van der Waals surface area (Å²) in [6, 6.07) is 0.170. The first-order valence-corrected chi connectivity index (χ1v) is 6.58. The van der Waals surface area contributed by atoms with Crippen molar-refractivity contribution in [2.45, 2.75) is 26.3 Å². The van der Waals surface area contributed by atoms with Crippen molar-refractivity contribution in [2.24, 2.45) is 0 Å². The van der Waals surface area contributed by atoms with E-state index in [9.17, 15) is 18.0 Å². The fourth-order valence-electron chi connectivity index (χ4n) is 1.73. The first-order valence-electron chi connectivity index (χ1n) is 6.04. The van der Waals surface area contributed by atoms with Crippen LogP contribution in [0.3, 0.4) is 0 Å². The van der Waals surface area contributed by atoms with E-state index in [0.29, 0.717) is 18.4 Å². The molecule has 1 rings (SSSR count). The number of halogens is 4. The Hall–Kier alpha value is -1.43. The molecule has 0 unspecified atom stereocenters. The van der Waals surface area contributed by atoms with Gasteiger partial charge in [0.25, 0.3) is 5.91 Å². The van der Waals surface area contributed by atoms with E-state index in [1.54, 1.807) is 13.8 Å². The van der Waals surface area contributed by atoms with Gasteiger partial charge in [-0.2, -0.15) is 4.39 Å². The molecule has 1 aromatic rings. The zero-order valence-corrected chi connectivity index (χ0v) is 11.8. The van der Waals surface area contributed by atoms with Gasteiger partial charge in [-0.15, -0.1) is 11.6 Å². The number of amides is 1. The van der Waals surface area contributed by atoms with Crippen LogP contribution in [0.15, 0.2) is 6.07 Å². The highest BCUT2D eigenvalue weighted by atomic mass is 35.5. The SMILES string of the molecule is CC(C)N(CCCCl)C(=O)c1cc(F)c(F)c(O)c1F. The standard InChI is InChI=1S/C13H15ClF3NO2/c1-7(2)18(5-3-4-14)13(20)8-6-9(15)11(17)12(19)10(8)16/h6-7,19H,3-5H2,1-2H3. The molecule has 1 aromatic carbocycles. The summed E-state index contributed by atoms with van der Waals surface area (Å²) in [5, 5.41) is 9.13. The average Bonchev–Trinajstić information content (AvgIpc) is 2.40. The lowest BCUT2D eigenvalue weighted by atomic mass is 10.1. The maximum Gasteiger partial charge on any atom is 0.257 e. The Balaban J connectivity index is 3.18. The number of hydrogen-bond donors (Lipinski definition) is 1. The quantitative estimate of drug-likeness (QED) is 0.670. The number of rotatable bonds is 5. The lowest BCUT2D eigenvalue weighted by Gasteiger charge is -2.27. The Labute approximate surface area is 120 Å². The molecule has 0 saturated heterocycles. The molecule has 112 valence electrons. The van der Waals surface area contributed by atoms with Crippen molar-refractivity contribution in [2.75, 3.05) is 12.4 Å². The second-order valence-electron chi connectivity index (χ2n) is 4.52. The number of aromatic hydroxyl groups is 1. The van der Waals surface area contributed by atoms with Crippen LogP contribution in [0.1, 0.15) is 30.6 Å². The summed E-state index contributed by atoms with van der Waals surface area (Å²) in [4.78, 5) is 13.4. The van der Waals surface area contributed by atoms with Crippen LogP contribution in [0.4, 0.5) is 13.2 Å². The number of phenols is 1. The molecular formula is C13H15ClF3NO2. The lowest BCUT2D eigenvalue weighted by molar-refractivity contribution is 0.0699. The van der Waals surface area contributed by atoms with Crippen molar-refractivity contribution in [3.63, 3.8) is 0 Å². The molecule has 0 atom stereocenters. The molecule has 0 aromatic heterocycles. The highest BCUT2D eigenvalue weighted by Crippen LogP contribution is 2.27. The summed E-state index contributed by atoms with van der Waals surface area (Å²) in [7, 11) is 0. The molecule has 0 saturated carbocycles. The van der Waals surface area contributed by atoms with Crippen LogP contribution in [-0.4, -0.2) is 34.4 Å². The van der Waals surface area contributed by atoms with Crippen LogP contribution in [0.2, 0.25) is 0 Å². The molecule has 0 fully saturated rings. The number of carbonyl (C=O) groups is 1. The first kappa shape index (κ1) is 16.6. The summed E-state index contributed by atoms with van der Waals surface area (Å²) in [6.45, 7) is 3.65. The van der Waals surface area contributed by atoms with E-state index >= 15 is 0 Å². The number of alkyl halides is 1. The van der Waals surface area contributed by atoms with Crippen LogP contribution in [0, 0.1) is 17.5 Å². The monoisotopic (exact) mass is 309 g/mol. The minimum atomic E-state index is -1.71. The largest absolute Gasteiger partial charge is 0.503 e. The van der Waals surface area contributed by atoms with Gasteiger partial charge in [0.15, 0.2) is 17.4 Å². The third-order valence-corrected chi connectivity index (χ3v) is 3.05. The van der Waals surface area contributed by atoms with E-state index in [0.717, 1.165) is 0 Å². The van der Waals surface area contributed by atoms with Gasteiger partial charge < -0.3 is 10.0 Å². The van der Waals surface area contributed by atoms with Gasteiger partial charge in [0.1, 0.15) is 0 Å². The van der Waals surface area contributed by atoms with Crippen LogP contribution < -0.4 is 0 Å². The fraction of sp³-hybridized carbons (Fsp3) is 0.462. The molecule has 7 heteroatoms. The maximum absolute atomic E-state index is 13.7. The molecule has 0 radical (unpaired) electrons. The van der Waals surface area contributed by atoms with Crippen LogP contribution >= 0.6 is 11.6 Å². The van der Waals surface area contributed by atoms with E-state index in [2.05, 4.69) is 0 Å². The third-order valence-electron chi connectivity index (χ3n) is 2.78. The van der Waals surface area contributed by atoms with E-state index in [4.69, 9.17) is 16.7 Å². The molecule has 0 aliphatic rings. The lowest BCUT2D eigenvalue weighted by Crippen LogP contribution is -2.38. The van der Waals surface area contributed by atoms with Crippen molar-refractivity contribution in [1.82, 2.24) is 4.90 Å².